The molecule has 0 aromatic heterocycles. The Kier molecular flexibility index (Phi) is 3.61. The summed E-state index contributed by atoms with van der Waals surface area (Å²) in [6.45, 7) is 3.75. The number of thiocyanates is 1. The molecule has 11 heavy (non-hydrogen) atoms. The van der Waals surface area contributed by atoms with Crippen LogP contribution in [0, 0.1) is 16.6 Å². The van der Waals surface area contributed by atoms with Crippen LogP contribution >= 0.6 is 23.5 Å². The minimum absolute atomic E-state index is 0.501. The minimum atomic E-state index is 0.501. The van der Waals surface area contributed by atoms with Gasteiger partial charge in [0.2, 0.25) is 0 Å². The third kappa shape index (κ3) is 2.32. The summed E-state index contributed by atoms with van der Waals surface area (Å²) >= 11 is 3.11. The van der Waals surface area contributed by atoms with E-state index in [0.717, 1.165) is 11.5 Å². The van der Waals surface area contributed by atoms with Crippen molar-refractivity contribution in [1.29, 1.82) is 5.26 Å². The van der Waals surface area contributed by atoms with Gasteiger partial charge in [-0.25, -0.2) is 0 Å². The summed E-state index contributed by atoms with van der Waals surface area (Å²) in [5.74, 6) is 2.69. The molecular weight excluding hydrogens is 174 g/mol. The van der Waals surface area contributed by atoms with E-state index in [4.69, 9.17) is 5.26 Å². The Morgan fingerprint density at radius 1 is 1.82 bits per heavy atom. The van der Waals surface area contributed by atoms with Gasteiger partial charge in [-0.2, -0.15) is 17.0 Å². The van der Waals surface area contributed by atoms with E-state index in [1.807, 2.05) is 28.6 Å². The third-order valence-electron chi connectivity index (χ3n) is 1.59. The molecule has 3 heteroatoms. The zero-order chi connectivity index (χ0) is 8.10. The fourth-order valence-corrected chi connectivity index (χ4v) is 2.78. The number of thioether (sulfide) groups is 2. The van der Waals surface area contributed by atoms with Gasteiger partial charge in [-0.1, -0.05) is 6.08 Å². The van der Waals surface area contributed by atoms with Crippen LogP contribution in [0.3, 0.4) is 0 Å². The lowest BCUT2D eigenvalue weighted by Crippen LogP contribution is -1.94. The van der Waals surface area contributed by atoms with Crippen LogP contribution in [-0.4, -0.2) is 11.5 Å². The molecule has 1 saturated heterocycles. The molecule has 1 fully saturated rings. The fourth-order valence-electron chi connectivity index (χ4n) is 0.961. The van der Waals surface area contributed by atoms with Crippen LogP contribution in [0.1, 0.15) is 0 Å². The van der Waals surface area contributed by atoms with E-state index in [-0.39, 0.29) is 0 Å². The zero-order valence-electron chi connectivity index (χ0n) is 6.12. The first kappa shape index (κ1) is 8.76. The summed E-state index contributed by atoms with van der Waals surface area (Å²) < 4.78 is 0. The van der Waals surface area contributed by atoms with Gasteiger partial charge < -0.3 is 0 Å². The lowest BCUT2D eigenvalue weighted by molar-refractivity contribution is 0.919. The van der Waals surface area contributed by atoms with E-state index in [2.05, 4.69) is 6.58 Å². The molecule has 1 aliphatic rings. The van der Waals surface area contributed by atoms with Gasteiger partial charge in [0.1, 0.15) is 5.40 Å². The Morgan fingerprint density at radius 2 is 2.64 bits per heavy atom. The number of hydrogen-bond donors (Lipinski definition) is 0. The zero-order valence-corrected chi connectivity index (χ0v) is 7.75. The van der Waals surface area contributed by atoms with E-state index in [0.29, 0.717) is 5.92 Å². The maximum absolute atomic E-state index is 8.32. The number of nitrogens with zero attached hydrogens (tertiary/aromatic N) is 1. The average Bonchev–Trinajstić information content (AvgIpc) is 2.47. The standard InChI is InChI=1S/C8H9NS2/c1-2-7-3-10-4-8(7)5-11-6-9/h2,5,7H,1,3-4H2. The van der Waals surface area contributed by atoms with Gasteiger partial charge in [0.25, 0.3) is 0 Å². The Labute approximate surface area is 75.5 Å². The number of hydrogen-bond acceptors (Lipinski definition) is 3. The highest BCUT2D eigenvalue weighted by atomic mass is 32.2. The normalized spacial score (nSPS) is 26.8. The highest BCUT2D eigenvalue weighted by Gasteiger charge is 2.17. The summed E-state index contributed by atoms with van der Waals surface area (Å²) in [7, 11) is 0. The van der Waals surface area contributed by atoms with Gasteiger partial charge >= 0.3 is 0 Å². The Hall–Kier alpha value is -0.330. The first-order chi connectivity index (χ1) is 5.38. The molecule has 0 radical (unpaired) electrons. The van der Waals surface area contributed by atoms with Crippen molar-refractivity contribution in [3.63, 3.8) is 0 Å². The molecule has 58 valence electrons. The predicted octanol–water partition coefficient (Wildman–Crippen LogP) is 2.63. The van der Waals surface area contributed by atoms with Crippen molar-refractivity contribution in [1.82, 2.24) is 0 Å². The maximum atomic E-state index is 8.32. The Morgan fingerprint density at radius 3 is 3.27 bits per heavy atom. The van der Waals surface area contributed by atoms with Crippen LogP contribution in [0.5, 0.6) is 0 Å². The van der Waals surface area contributed by atoms with Crippen LogP contribution in [0.15, 0.2) is 23.6 Å². The molecule has 1 atom stereocenters. The summed E-state index contributed by atoms with van der Waals surface area (Å²) in [6, 6.07) is 0. The number of nitriles is 1. The van der Waals surface area contributed by atoms with E-state index < -0.39 is 0 Å². The molecular formula is C8H9NS2. The first-order valence-corrected chi connectivity index (χ1v) is 5.36. The molecule has 0 N–H and O–H groups in total. The van der Waals surface area contributed by atoms with Gasteiger partial charge in [-0.05, 0) is 22.7 Å². The second kappa shape index (κ2) is 4.53. The average molecular weight is 183 g/mol. The van der Waals surface area contributed by atoms with Crippen LogP contribution in [0.25, 0.3) is 0 Å². The van der Waals surface area contributed by atoms with Gasteiger partial charge in [-0.15, -0.1) is 6.58 Å². The minimum Gasteiger partial charge on any atom is -0.185 e. The lowest BCUT2D eigenvalue weighted by Gasteiger charge is -2.01. The molecule has 0 amide bonds. The molecule has 0 bridgehead atoms. The summed E-state index contributed by atoms with van der Waals surface area (Å²) in [4.78, 5) is 0. The van der Waals surface area contributed by atoms with E-state index in [1.54, 1.807) is 0 Å². The van der Waals surface area contributed by atoms with Gasteiger partial charge in [-0.3, -0.25) is 0 Å². The van der Waals surface area contributed by atoms with Gasteiger partial charge in [0.05, 0.1) is 0 Å². The van der Waals surface area contributed by atoms with Crippen LogP contribution < -0.4 is 0 Å². The van der Waals surface area contributed by atoms with Gasteiger partial charge in [0.15, 0.2) is 0 Å². The highest BCUT2D eigenvalue weighted by molar-refractivity contribution is 8.06. The Bertz CT molecular complexity index is 215. The molecule has 1 heterocycles. The largest absolute Gasteiger partial charge is 0.185 e. The number of rotatable bonds is 2. The maximum Gasteiger partial charge on any atom is 0.137 e. The second-order valence-electron chi connectivity index (χ2n) is 2.26. The van der Waals surface area contributed by atoms with Crippen molar-refractivity contribution >= 4 is 23.5 Å². The molecule has 0 aromatic carbocycles. The summed E-state index contributed by atoms with van der Waals surface area (Å²) in [6.07, 6.45) is 1.96. The van der Waals surface area contributed by atoms with Crippen molar-refractivity contribution in [3.05, 3.63) is 23.6 Å². The predicted molar refractivity (Wildman–Crippen MR) is 52.3 cm³/mol. The van der Waals surface area contributed by atoms with Crippen LogP contribution in [0.4, 0.5) is 0 Å². The second-order valence-corrected chi connectivity index (χ2v) is 3.94. The van der Waals surface area contributed by atoms with Crippen molar-refractivity contribution in [2.24, 2.45) is 5.92 Å². The van der Waals surface area contributed by atoms with Gasteiger partial charge in [0, 0.05) is 17.4 Å². The van der Waals surface area contributed by atoms with Crippen LogP contribution in [0.2, 0.25) is 0 Å². The van der Waals surface area contributed by atoms with Crippen molar-refractivity contribution < 1.29 is 0 Å². The molecule has 1 unspecified atom stereocenters. The third-order valence-corrected chi connectivity index (χ3v) is 3.25. The number of allylic oxidation sites excluding steroid dienone is 1. The molecule has 0 aromatic rings. The van der Waals surface area contributed by atoms with Crippen molar-refractivity contribution in [2.45, 2.75) is 0 Å². The highest BCUT2D eigenvalue weighted by Crippen LogP contribution is 2.31. The quantitative estimate of drug-likeness (QED) is 0.486. The van der Waals surface area contributed by atoms with Crippen molar-refractivity contribution in [2.75, 3.05) is 11.5 Å². The molecule has 1 rings (SSSR count). The molecule has 1 aliphatic heterocycles. The van der Waals surface area contributed by atoms with E-state index >= 15 is 0 Å². The molecule has 0 saturated carbocycles. The Balaban J connectivity index is 2.57. The first-order valence-electron chi connectivity index (χ1n) is 3.32. The summed E-state index contributed by atoms with van der Waals surface area (Å²) in [5.41, 5.74) is 1.34. The molecule has 1 nitrogen and oxygen atoms in total. The SMILES string of the molecule is C=CC1CSCC1=CSC#N. The van der Waals surface area contributed by atoms with E-state index in [1.165, 1.54) is 17.3 Å². The molecule has 0 spiro atoms. The van der Waals surface area contributed by atoms with Crippen LogP contribution in [-0.2, 0) is 0 Å². The smallest absolute Gasteiger partial charge is 0.137 e. The molecule has 0 aliphatic carbocycles. The fraction of sp³-hybridized carbons (Fsp3) is 0.375. The van der Waals surface area contributed by atoms with E-state index in [9.17, 15) is 0 Å². The monoisotopic (exact) mass is 183 g/mol. The lowest BCUT2D eigenvalue weighted by atomic mass is 10.1. The van der Waals surface area contributed by atoms with Crippen molar-refractivity contribution in [3.8, 4) is 5.40 Å². The summed E-state index contributed by atoms with van der Waals surface area (Å²) in [5, 5.41) is 12.3. The topological polar surface area (TPSA) is 23.8 Å².